The second kappa shape index (κ2) is 5.13. The van der Waals surface area contributed by atoms with Crippen LogP contribution in [-0.4, -0.2) is 30.2 Å². The fraction of sp³-hybridized carbons (Fsp3) is 0.600. The zero-order valence-corrected chi connectivity index (χ0v) is 11.3. The van der Waals surface area contributed by atoms with Crippen molar-refractivity contribution in [2.24, 2.45) is 0 Å². The SMILES string of the molecule is COCc1nc(N2CCCC2)[nH]c(=O)c1I. The molecule has 1 fully saturated rings. The highest BCUT2D eigenvalue weighted by Crippen LogP contribution is 2.16. The Morgan fingerprint density at radius 2 is 2.19 bits per heavy atom. The average molecular weight is 335 g/mol. The molecule has 5 nitrogen and oxygen atoms in total. The van der Waals surface area contributed by atoms with E-state index in [1.54, 1.807) is 7.11 Å². The molecule has 88 valence electrons. The van der Waals surface area contributed by atoms with Crippen LogP contribution in [0.2, 0.25) is 0 Å². The highest BCUT2D eigenvalue weighted by molar-refractivity contribution is 14.1. The van der Waals surface area contributed by atoms with Gasteiger partial charge in [-0.15, -0.1) is 0 Å². The molecule has 1 N–H and O–H groups in total. The highest BCUT2D eigenvalue weighted by atomic mass is 127. The van der Waals surface area contributed by atoms with E-state index < -0.39 is 0 Å². The van der Waals surface area contributed by atoms with E-state index in [0.717, 1.165) is 25.9 Å². The van der Waals surface area contributed by atoms with Gasteiger partial charge in [0.05, 0.1) is 12.3 Å². The van der Waals surface area contributed by atoms with Gasteiger partial charge in [0.1, 0.15) is 3.57 Å². The second-order valence-corrected chi connectivity index (χ2v) is 4.86. The first-order valence-electron chi connectivity index (χ1n) is 5.25. The van der Waals surface area contributed by atoms with Gasteiger partial charge in [-0.05, 0) is 35.4 Å². The third kappa shape index (κ3) is 2.37. The van der Waals surface area contributed by atoms with E-state index >= 15 is 0 Å². The first-order valence-corrected chi connectivity index (χ1v) is 6.33. The Morgan fingerprint density at radius 1 is 1.50 bits per heavy atom. The maximum absolute atomic E-state index is 11.7. The van der Waals surface area contributed by atoms with Crippen LogP contribution in [0.15, 0.2) is 4.79 Å². The van der Waals surface area contributed by atoms with Crippen LogP contribution in [0.3, 0.4) is 0 Å². The minimum Gasteiger partial charge on any atom is -0.378 e. The van der Waals surface area contributed by atoms with Gasteiger partial charge in [0.15, 0.2) is 0 Å². The molecule has 2 heterocycles. The minimum absolute atomic E-state index is 0.0791. The number of ether oxygens (including phenoxy) is 1. The predicted octanol–water partition coefficient (Wildman–Crippen LogP) is 1.12. The van der Waals surface area contributed by atoms with Gasteiger partial charge in [-0.25, -0.2) is 4.98 Å². The summed E-state index contributed by atoms with van der Waals surface area (Å²) in [7, 11) is 1.61. The smallest absolute Gasteiger partial charge is 0.266 e. The maximum Gasteiger partial charge on any atom is 0.266 e. The Hall–Kier alpha value is -0.630. The molecule has 0 aliphatic carbocycles. The number of halogens is 1. The second-order valence-electron chi connectivity index (χ2n) is 3.78. The number of rotatable bonds is 3. The van der Waals surface area contributed by atoms with Crippen LogP contribution in [-0.2, 0) is 11.3 Å². The van der Waals surface area contributed by atoms with Crippen LogP contribution in [0.4, 0.5) is 5.95 Å². The molecule has 0 saturated carbocycles. The van der Waals surface area contributed by atoms with Gasteiger partial charge in [0, 0.05) is 20.2 Å². The molecule has 1 aliphatic rings. The summed E-state index contributed by atoms with van der Waals surface area (Å²) in [6, 6.07) is 0. The molecule has 1 aromatic rings. The van der Waals surface area contributed by atoms with Gasteiger partial charge in [-0.3, -0.25) is 9.78 Å². The van der Waals surface area contributed by atoms with Crippen molar-refractivity contribution in [3.05, 3.63) is 19.6 Å². The molecule has 1 saturated heterocycles. The number of anilines is 1. The summed E-state index contributed by atoms with van der Waals surface area (Å²) in [5.74, 6) is 0.676. The number of nitrogens with zero attached hydrogens (tertiary/aromatic N) is 2. The zero-order chi connectivity index (χ0) is 11.5. The number of methoxy groups -OCH3 is 1. The van der Waals surface area contributed by atoms with E-state index in [9.17, 15) is 4.79 Å². The van der Waals surface area contributed by atoms with Crippen LogP contribution in [0, 0.1) is 3.57 Å². The van der Waals surface area contributed by atoms with E-state index in [1.807, 2.05) is 22.6 Å². The Bertz CT molecular complexity index is 427. The monoisotopic (exact) mass is 335 g/mol. The molecule has 16 heavy (non-hydrogen) atoms. The van der Waals surface area contributed by atoms with E-state index in [-0.39, 0.29) is 5.56 Å². The number of hydrogen-bond donors (Lipinski definition) is 1. The van der Waals surface area contributed by atoms with Crippen LogP contribution >= 0.6 is 22.6 Å². The summed E-state index contributed by atoms with van der Waals surface area (Å²) in [5.41, 5.74) is 0.637. The van der Waals surface area contributed by atoms with Gasteiger partial charge >= 0.3 is 0 Å². The lowest BCUT2D eigenvalue weighted by Gasteiger charge is -2.16. The van der Waals surface area contributed by atoms with Gasteiger partial charge in [-0.1, -0.05) is 0 Å². The third-order valence-corrected chi connectivity index (χ3v) is 3.72. The lowest BCUT2D eigenvalue weighted by molar-refractivity contribution is 0.180. The van der Waals surface area contributed by atoms with Crippen LogP contribution < -0.4 is 10.5 Å². The molecule has 0 unspecified atom stereocenters. The largest absolute Gasteiger partial charge is 0.378 e. The van der Waals surface area contributed by atoms with Gasteiger partial charge < -0.3 is 9.64 Å². The van der Waals surface area contributed by atoms with E-state index in [2.05, 4.69) is 14.9 Å². The quantitative estimate of drug-likeness (QED) is 0.841. The molecule has 1 aromatic heterocycles. The molecule has 1 aliphatic heterocycles. The van der Waals surface area contributed by atoms with Crippen molar-refractivity contribution < 1.29 is 4.74 Å². The number of hydrogen-bond acceptors (Lipinski definition) is 4. The molecule has 0 spiro atoms. The number of aromatic nitrogens is 2. The zero-order valence-electron chi connectivity index (χ0n) is 9.12. The normalized spacial score (nSPS) is 15.8. The Morgan fingerprint density at radius 3 is 2.81 bits per heavy atom. The molecular weight excluding hydrogens is 321 g/mol. The van der Waals surface area contributed by atoms with E-state index in [4.69, 9.17) is 4.74 Å². The van der Waals surface area contributed by atoms with E-state index in [0.29, 0.717) is 21.8 Å². The molecule has 0 amide bonds. The summed E-state index contributed by atoms with van der Waals surface area (Å²) in [4.78, 5) is 21.1. The summed E-state index contributed by atoms with van der Waals surface area (Å²) in [6.45, 7) is 2.31. The van der Waals surface area contributed by atoms with Crippen molar-refractivity contribution in [2.45, 2.75) is 19.4 Å². The molecule has 0 bridgehead atoms. The molecule has 2 rings (SSSR count). The number of nitrogens with one attached hydrogen (secondary N) is 1. The fourth-order valence-corrected chi connectivity index (χ4v) is 2.21. The predicted molar refractivity (Wildman–Crippen MR) is 69.7 cm³/mol. The number of aromatic amines is 1. The average Bonchev–Trinajstić information content (AvgIpc) is 2.78. The van der Waals surface area contributed by atoms with Crippen molar-refractivity contribution in [1.29, 1.82) is 0 Å². The van der Waals surface area contributed by atoms with E-state index in [1.165, 1.54) is 0 Å². The lowest BCUT2D eigenvalue weighted by Crippen LogP contribution is -2.26. The minimum atomic E-state index is -0.0791. The van der Waals surface area contributed by atoms with Gasteiger partial charge in [-0.2, -0.15) is 0 Å². The highest BCUT2D eigenvalue weighted by Gasteiger charge is 2.17. The van der Waals surface area contributed by atoms with Crippen LogP contribution in [0.5, 0.6) is 0 Å². The van der Waals surface area contributed by atoms with Crippen molar-refractivity contribution >= 4 is 28.5 Å². The first kappa shape index (κ1) is 11.8. The van der Waals surface area contributed by atoms with Crippen LogP contribution in [0.25, 0.3) is 0 Å². The molecule has 0 aromatic carbocycles. The lowest BCUT2D eigenvalue weighted by atomic mass is 10.4. The summed E-state index contributed by atoms with van der Waals surface area (Å²) in [6.07, 6.45) is 2.32. The van der Waals surface area contributed by atoms with Gasteiger partial charge in [0.2, 0.25) is 5.95 Å². The van der Waals surface area contributed by atoms with Crippen molar-refractivity contribution in [3.8, 4) is 0 Å². The standard InChI is InChI=1S/C10H14IN3O2/c1-16-6-7-8(11)9(15)13-10(12-7)14-4-2-3-5-14/h2-6H2,1H3,(H,12,13,15). The van der Waals surface area contributed by atoms with Crippen molar-refractivity contribution in [2.75, 3.05) is 25.1 Å². The third-order valence-electron chi connectivity index (χ3n) is 2.61. The first-order chi connectivity index (χ1) is 7.72. The molecule has 0 atom stereocenters. The molecule has 0 radical (unpaired) electrons. The topological polar surface area (TPSA) is 58.2 Å². The molecule has 6 heteroatoms. The maximum atomic E-state index is 11.7. The fourth-order valence-electron chi connectivity index (χ4n) is 1.80. The Labute approximate surface area is 107 Å². The Kier molecular flexibility index (Phi) is 3.80. The van der Waals surface area contributed by atoms with Crippen LogP contribution in [0.1, 0.15) is 18.5 Å². The summed E-state index contributed by atoms with van der Waals surface area (Å²) < 4.78 is 5.66. The van der Waals surface area contributed by atoms with Crippen molar-refractivity contribution in [1.82, 2.24) is 9.97 Å². The Balaban J connectivity index is 2.35. The van der Waals surface area contributed by atoms with Gasteiger partial charge in [0.25, 0.3) is 5.56 Å². The summed E-state index contributed by atoms with van der Waals surface area (Å²) in [5, 5.41) is 0. The number of H-pyrrole nitrogens is 1. The van der Waals surface area contributed by atoms with Crippen molar-refractivity contribution in [3.63, 3.8) is 0 Å². The summed E-state index contributed by atoms with van der Waals surface area (Å²) >= 11 is 2.00. The molecular formula is C10H14IN3O2.